The van der Waals surface area contributed by atoms with Crippen molar-refractivity contribution in [2.24, 2.45) is 17.8 Å². The molecule has 1 aromatic rings. The lowest BCUT2D eigenvalue weighted by Crippen LogP contribution is -2.43. The monoisotopic (exact) mass is 430 g/mol. The first kappa shape index (κ1) is 22.3. The van der Waals surface area contributed by atoms with E-state index in [1.54, 1.807) is 0 Å². The predicted molar refractivity (Wildman–Crippen MR) is 114 cm³/mol. The molecule has 3 heterocycles. The van der Waals surface area contributed by atoms with E-state index < -0.39 is 30.0 Å². The zero-order chi connectivity index (χ0) is 21.8. The van der Waals surface area contributed by atoms with E-state index in [1.807, 2.05) is 30.3 Å². The Morgan fingerprint density at radius 3 is 2.13 bits per heavy atom. The van der Waals surface area contributed by atoms with Crippen molar-refractivity contribution < 1.29 is 28.5 Å². The summed E-state index contributed by atoms with van der Waals surface area (Å²) in [6.07, 6.45) is 5.72. The highest BCUT2D eigenvalue weighted by atomic mass is 16.7. The number of rotatable bonds is 12. The number of fused-ring (bicyclic) bond motifs is 5. The molecule has 6 heteroatoms. The Balaban J connectivity index is 1.36. The van der Waals surface area contributed by atoms with E-state index in [-0.39, 0.29) is 24.8 Å². The first-order chi connectivity index (χ1) is 15.1. The Labute approximate surface area is 184 Å². The average molecular weight is 431 g/mol. The maximum Gasteiger partial charge on any atom is 0.313 e. The fourth-order valence-corrected chi connectivity index (χ4v) is 5.07. The highest BCUT2D eigenvalue weighted by molar-refractivity contribution is 5.85. The van der Waals surface area contributed by atoms with Crippen molar-refractivity contribution in [3.8, 4) is 0 Å². The molecule has 170 valence electrons. The van der Waals surface area contributed by atoms with Gasteiger partial charge in [-0.3, -0.25) is 9.59 Å². The quantitative estimate of drug-likeness (QED) is 0.283. The molecule has 0 saturated carbocycles. The summed E-state index contributed by atoms with van der Waals surface area (Å²) < 4.78 is 22.9. The van der Waals surface area contributed by atoms with Gasteiger partial charge in [0.05, 0.1) is 6.61 Å². The van der Waals surface area contributed by atoms with Gasteiger partial charge in [-0.1, -0.05) is 69.9 Å². The molecule has 0 spiro atoms. The second kappa shape index (κ2) is 10.1. The first-order valence-corrected chi connectivity index (χ1v) is 11.8. The average Bonchev–Trinajstić information content (AvgIpc) is 3.40. The van der Waals surface area contributed by atoms with E-state index in [0.29, 0.717) is 12.5 Å². The fraction of sp³-hybridized carbons (Fsp3) is 0.680. The number of benzene rings is 1. The van der Waals surface area contributed by atoms with Crippen LogP contribution in [-0.2, 0) is 35.1 Å². The van der Waals surface area contributed by atoms with Gasteiger partial charge in [0.15, 0.2) is 0 Å². The molecule has 1 aromatic carbocycles. The summed E-state index contributed by atoms with van der Waals surface area (Å²) in [5.41, 5.74) is 0.911. The summed E-state index contributed by atoms with van der Waals surface area (Å²) >= 11 is 0. The lowest BCUT2D eigenvalue weighted by molar-refractivity contribution is -0.162. The summed E-state index contributed by atoms with van der Waals surface area (Å²) in [5, 5.41) is 0. The van der Waals surface area contributed by atoms with Gasteiger partial charge in [0, 0.05) is 0 Å². The maximum absolute atomic E-state index is 13.1. The van der Waals surface area contributed by atoms with Gasteiger partial charge in [-0.15, -0.1) is 0 Å². The molecule has 3 aliphatic rings. The number of hydrogen-bond donors (Lipinski definition) is 0. The van der Waals surface area contributed by atoms with Crippen LogP contribution >= 0.6 is 0 Å². The van der Waals surface area contributed by atoms with Gasteiger partial charge in [-0.25, -0.2) is 0 Å². The molecule has 3 saturated heterocycles. The third-order valence-electron chi connectivity index (χ3n) is 6.76. The number of unbranched alkanes of at least 4 members (excludes halogenated alkanes) is 2. The van der Waals surface area contributed by atoms with Gasteiger partial charge >= 0.3 is 11.9 Å². The molecule has 0 amide bonds. The van der Waals surface area contributed by atoms with Crippen molar-refractivity contribution in [3.63, 3.8) is 0 Å². The molecular weight excluding hydrogens is 396 g/mol. The number of carbonyl (C=O) groups excluding carboxylic acids is 2. The van der Waals surface area contributed by atoms with Gasteiger partial charge in [0.1, 0.15) is 42.9 Å². The largest absolute Gasteiger partial charge is 0.465 e. The smallest absolute Gasteiger partial charge is 0.313 e. The molecule has 3 aliphatic heterocycles. The van der Waals surface area contributed by atoms with Crippen molar-refractivity contribution in [1.29, 1.82) is 0 Å². The van der Waals surface area contributed by atoms with Crippen LogP contribution in [-0.4, -0.2) is 43.0 Å². The zero-order valence-corrected chi connectivity index (χ0v) is 18.5. The Morgan fingerprint density at radius 1 is 0.839 bits per heavy atom. The van der Waals surface area contributed by atoms with Crippen molar-refractivity contribution in [2.45, 2.75) is 83.4 Å². The Hall–Kier alpha value is -1.92. The van der Waals surface area contributed by atoms with Crippen LogP contribution in [0.25, 0.3) is 0 Å². The molecular formula is C25H34O6. The van der Waals surface area contributed by atoms with Gasteiger partial charge in [-0.2, -0.15) is 0 Å². The van der Waals surface area contributed by atoms with E-state index in [4.69, 9.17) is 18.9 Å². The minimum atomic E-state index is -0.658. The van der Waals surface area contributed by atoms with Crippen LogP contribution in [0.3, 0.4) is 0 Å². The second-order valence-corrected chi connectivity index (χ2v) is 9.06. The van der Waals surface area contributed by atoms with Crippen molar-refractivity contribution in [1.82, 2.24) is 0 Å². The van der Waals surface area contributed by atoms with E-state index in [2.05, 4.69) is 13.8 Å². The van der Waals surface area contributed by atoms with Gasteiger partial charge < -0.3 is 18.9 Å². The van der Waals surface area contributed by atoms with E-state index in [9.17, 15) is 9.59 Å². The van der Waals surface area contributed by atoms with Gasteiger partial charge in [-0.05, 0) is 24.3 Å². The summed E-state index contributed by atoms with van der Waals surface area (Å²) in [4.78, 5) is 26.0. The van der Waals surface area contributed by atoms with E-state index in [1.165, 1.54) is 12.8 Å². The van der Waals surface area contributed by atoms with Crippen LogP contribution in [0.2, 0.25) is 0 Å². The van der Waals surface area contributed by atoms with Gasteiger partial charge in [0.2, 0.25) is 0 Å². The molecule has 6 nitrogen and oxygen atoms in total. The number of esters is 2. The molecule has 7 atom stereocenters. The highest BCUT2D eigenvalue weighted by Crippen LogP contribution is 2.54. The normalized spacial score (nSPS) is 31.2. The van der Waals surface area contributed by atoms with Crippen LogP contribution in [0, 0.1) is 17.8 Å². The molecule has 3 fully saturated rings. The van der Waals surface area contributed by atoms with Gasteiger partial charge in [0.25, 0.3) is 0 Å². The van der Waals surface area contributed by atoms with Crippen molar-refractivity contribution in [2.75, 3.05) is 6.61 Å². The molecule has 0 N–H and O–H groups in total. The zero-order valence-electron chi connectivity index (χ0n) is 18.5. The molecule has 0 radical (unpaired) electrons. The molecule has 7 unspecified atom stereocenters. The van der Waals surface area contributed by atoms with Crippen molar-refractivity contribution in [3.05, 3.63) is 35.9 Å². The maximum atomic E-state index is 13.1. The Morgan fingerprint density at radius 2 is 1.48 bits per heavy atom. The standard InChI is InChI=1S/C25H34O6/c1-3-5-7-11-16(10-4-2)14-28-24(26)18-19(21-23-22(31-23)20(18)30-21)25(27)29-15-17-12-8-6-9-13-17/h6,8-9,12-13,16,18-23H,3-5,7,10-11,14-15H2,1-2H3. The third kappa shape index (κ3) is 4.96. The first-order valence-electron chi connectivity index (χ1n) is 11.8. The Bertz CT molecular complexity index is 750. The lowest BCUT2D eigenvalue weighted by Gasteiger charge is -2.24. The molecule has 31 heavy (non-hydrogen) atoms. The van der Waals surface area contributed by atoms with E-state index in [0.717, 1.165) is 31.2 Å². The van der Waals surface area contributed by atoms with Crippen LogP contribution in [0.15, 0.2) is 30.3 Å². The Kier molecular flexibility index (Phi) is 7.28. The number of hydrogen-bond acceptors (Lipinski definition) is 6. The topological polar surface area (TPSA) is 74.4 Å². The third-order valence-corrected chi connectivity index (χ3v) is 6.76. The molecule has 2 bridgehead atoms. The summed E-state index contributed by atoms with van der Waals surface area (Å²) in [6.45, 7) is 4.93. The van der Waals surface area contributed by atoms with Crippen LogP contribution < -0.4 is 0 Å². The summed E-state index contributed by atoms with van der Waals surface area (Å²) in [7, 11) is 0. The lowest BCUT2D eigenvalue weighted by atomic mass is 9.79. The molecule has 0 aromatic heterocycles. The number of epoxide rings is 1. The van der Waals surface area contributed by atoms with Crippen LogP contribution in [0.1, 0.15) is 57.9 Å². The number of carbonyl (C=O) groups is 2. The predicted octanol–water partition coefficient (Wildman–Crippen LogP) is 4.05. The summed E-state index contributed by atoms with van der Waals surface area (Å²) in [6, 6.07) is 9.53. The molecule has 0 aliphatic carbocycles. The minimum Gasteiger partial charge on any atom is -0.465 e. The highest BCUT2D eigenvalue weighted by Gasteiger charge is 2.73. The number of ether oxygens (including phenoxy) is 4. The second-order valence-electron chi connectivity index (χ2n) is 9.06. The molecule has 4 rings (SSSR count). The van der Waals surface area contributed by atoms with Crippen LogP contribution in [0.4, 0.5) is 0 Å². The van der Waals surface area contributed by atoms with Crippen molar-refractivity contribution >= 4 is 11.9 Å². The van der Waals surface area contributed by atoms with Crippen LogP contribution in [0.5, 0.6) is 0 Å². The summed E-state index contributed by atoms with van der Waals surface area (Å²) in [5.74, 6) is -1.68. The minimum absolute atomic E-state index is 0.0864. The van der Waals surface area contributed by atoms with E-state index >= 15 is 0 Å². The SMILES string of the molecule is CCCCCC(CCC)COC(=O)C1C2OC(C3OC32)C1C(=O)OCc1ccccc1. The fourth-order valence-electron chi connectivity index (χ4n) is 5.07.